The van der Waals surface area contributed by atoms with Crippen LogP contribution in [0.1, 0.15) is 0 Å². The van der Waals surface area contributed by atoms with Gasteiger partial charge < -0.3 is 16.5 Å². The minimum Gasteiger partial charge on any atom is -0.436 e. The molecule has 0 aromatic rings. The zero-order chi connectivity index (χ0) is 17.1. The summed E-state index contributed by atoms with van der Waals surface area (Å²) < 4.78 is 49.9. The van der Waals surface area contributed by atoms with Gasteiger partial charge >= 0.3 is 25.3 Å². The molecular formula is C10H30F2O3Si6. The van der Waals surface area contributed by atoms with E-state index in [0.29, 0.717) is 0 Å². The molecule has 0 spiro atoms. The molecule has 0 amide bonds. The molecule has 0 saturated carbocycles. The van der Waals surface area contributed by atoms with Crippen molar-refractivity contribution in [3.63, 3.8) is 0 Å². The SMILES string of the molecule is C[Si]1(C)O[Si](C)(C)O[Si](C)(F)[Si](C)(C)[Si](C)(F)[Si](C)(C)O1. The molecule has 0 radical (unpaired) electrons. The summed E-state index contributed by atoms with van der Waals surface area (Å²) in [6, 6.07) is 0. The van der Waals surface area contributed by atoms with Crippen LogP contribution in [0, 0.1) is 0 Å². The molecule has 126 valence electrons. The largest absolute Gasteiger partial charge is 0.436 e. The zero-order valence-corrected chi connectivity index (χ0v) is 21.0. The highest BCUT2D eigenvalue weighted by Gasteiger charge is 2.72. The summed E-state index contributed by atoms with van der Waals surface area (Å²) in [5, 5.41) is 0. The smallest absolute Gasteiger partial charge is 0.351 e. The summed E-state index contributed by atoms with van der Waals surface area (Å²) in [5.41, 5.74) is 0. The van der Waals surface area contributed by atoms with Crippen LogP contribution < -0.4 is 0 Å². The van der Waals surface area contributed by atoms with Crippen LogP contribution in [0.2, 0.25) is 65.5 Å². The minimum atomic E-state index is -3.62. The Kier molecular flexibility index (Phi) is 5.04. The normalized spacial score (nSPS) is 41.7. The van der Waals surface area contributed by atoms with E-state index in [1.165, 1.54) is 0 Å². The first kappa shape index (κ1) is 20.1. The number of hydrogen-bond acceptors (Lipinski definition) is 3. The highest BCUT2D eigenvalue weighted by atomic mass is 29.9. The van der Waals surface area contributed by atoms with Crippen LogP contribution in [0.3, 0.4) is 0 Å². The molecule has 0 bridgehead atoms. The van der Waals surface area contributed by atoms with Crippen molar-refractivity contribution < 1.29 is 20.6 Å². The van der Waals surface area contributed by atoms with Crippen molar-refractivity contribution >= 4 is 47.7 Å². The Labute approximate surface area is 133 Å². The molecule has 0 aromatic heterocycles. The van der Waals surface area contributed by atoms with E-state index in [-0.39, 0.29) is 0 Å². The maximum Gasteiger partial charge on any atom is 0.351 e. The van der Waals surface area contributed by atoms with E-state index >= 15 is 8.22 Å². The van der Waals surface area contributed by atoms with Gasteiger partial charge in [0.15, 0.2) is 7.83 Å². The van der Waals surface area contributed by atoms with Crippen molar-refractivity contribution in [3.05, 3.63) is 0 Å². The maximum absolute atomic E-state index is 16.0. The summed E-state index contributed by atoms with van der Waals surface area (Å²) in [7, 11) is -17.6. The Bertz CT molecular complexity index is 387. The molecule has 1 aliphatic rings. The van der Waals surface area contributed by atoms with Crippen molar-refractivity contribution in [1.29, 1.82) is 0 Å². The van der Waals surface area contributed by atoms with Crippen LogP contribution in [0.15, 0.2) is 0 Å². The van der Waals surface area contributed by atoms with Gasteiger partial charge in [0.25, 0.3) is 7.44 Å². The van der Waals surface area contributed by atoms with Gasteiger partial charge in [0.05, 0.1) is 0 Å². The average molecular weight is 405 g/mol. The van der Waals surface area contributed by atoms with Gasteiger partial charge in [-0.15, -0.1) is 0 Å². The quantitative estimate of drug-likeness (QED) is 0.447. The Morgan fingerprint density at radius 3 is 1.38 bits per heavy atom. The van der Waals surface area contributed by atoms with Crippen molar-refractivity contribution in [1.82, 2.24) is 0 Å². The molecule has 1 heterocycles. The molecule has 1 rings (SSSR count). The monoisotopic (exact) mass is 404 g/mol. The molecule has 1 saturated heterocycles. The Morgan fingerprint density at radius 2 is 0.952 bits per heavy atom. The average Bonchev–Trinajstić information content (AvgIpc) is 2.09. The predicted octanol–water partition coefficient (Wildman–Crippen LogP) is 4.19. The summed E-state index contributed by atoms with van der Waals surface area (Å²) in [6.07, 6.45) is 0. The Hall–Kier alpha value is 1.04. The first-order valence-corrected chi connectivity index (χ1v) is 26.6. The molecule has 0 aliphatic carbocycles. The second-order valence-corrected chi connectivity index (χ2v) is 48.7. The molecule has 3 nitrogen and oxygen atoms in total. The van der Waals surface area contributed by atoms with Crippen LogP contribution >= 0.6 is 0 Å². The fourth-order valence-electron chi connectivity index (χ4n) is 3.10. The number of halogens is 2. The predicted molar refractivity (Wildman–Crippen MR) is 98.6 cm³/mol. The summed E-state index contributed by atoms with van der Waals surface area (Å²) in [5.74, 6) is 0. The van der Waals surface area contributed by atoms with Crippen LogP contribution in [0.4, 0.5) is 8.22 Å². The summed E-state index contributed by atoms with van der Waals surface area (Å²) in [6.45, 7) is 18.3. The van der Waals surface area contributed by atoms with Gasteiger partial charge in [0, 0.05) is 0 Å². The first-order chi connectivity index (χ1) is 8.87. The molecule has 2 unspecified atom stereocenters. The van der Waals surface area contributed by atoms with E-state index in [9.17, 15) is 0 Å². The van der Waals surface area contributed by atoms with Gasteiger partial charge in [0.2, 0.25) is 0 Å². The highest BCUT2D eigenvalue weighted by molar-refractivity contribution is 7.80. The van der Waals surface area contributed by atoms with Gasteiger partial charge in [-0.05, 0) is 52.4 Å². The third-order valence-electron chi connectivity index (χ3n) is 4.85. The lowest BCUT2D eigenvalue weighted by Gasteiger charge is -2.47. The molecule has 11 heteroatoms. The fourth-order valence-corrected chi connectivity index (χ4v) is 75.1. The fraction of sp³-hybridized carbons (Fsp3) is 1.00. The van der Waals surface area contributed by atoms with Crippen LogP contribution in [0.5, 0.6) is 0 Å². The van der Waals surface area contributed by atoms with E-state index in [0.717, 1.165) is 0 Å². The number of hydrogen-bond donors (Lipinski definition) is 0. The number of rotatable bonds is 0. The van der Waals surface area contributed by atoms with Crippen LogP contribution in [-0.4, -0.2) is 47.7 Å². The lowest BCUT2D eigenvalue weighted by Crippen LogP contribution is -2.80. The standard InChI is InChI=1S/C10H30F2O3Si6/c1-16(2)13-17(3,4)15-20(9,11)19(7,8)21(10,12)18(5,6)14-16/h1-10H3. The van der Waals surface area contributed by atoms with Gasteiger partial charge in [0.1, 0.15) is 7.11 Å². The zero-order valence-electron chi connectivity index (χ0n) is 15.0. The van der Waals surface area contributed by atoms with Crippen LogP contribution in [-0.2, 0) is 12.3 Å². The van der Waals surface area contributed by atoms with E-state index < -0.39 is 47.7 Å². The Balaban J connectivity index is 3.53. The van der Waals surface area contributed by atoms with Crippen LogP contribution in [0.25, 0.3) is 0 Å². The van der Waals surface area contributed by atoms with E-state index in [4.69, 9.17) is 12.3 Å². The van der Waals surface area contributed by atoms with E-state index in [1.54, 1.807) is 13.1 Å². The molecule has 21 heavy (non-hydrogen) atoms. The third-order valence-corrected chi connectivity index (χ3v) is 67.0. The molecule has 2 atom stereocenters. The Morgan fingerprint density at radius 1 is 0.571 bits per heavy atom. The molecule has 0 N–H and O–H groups in total. The van der Waals surface area contributed by atoms with Gasteiger partial charge in [-0.3, -0.25) is 4.11 Å². The summed E-state index contributed by atoms with van der Waals surface area (Å²) in [4.78, 5) is 0. The minimum absolute atomic E-state index is 1.55. The van der Waals surface area contributed by atoms with Crippen molar-refractivity contribution in [2.45, 2.75) is 65.5 Å². The lowest BCUT2D eigenvalue weighted by molar-refractivity contribution is 0.324. The topological polar surface area (TPSA) is 27.7 Å². The second-order valence-electron chi connectivity index (χ2n) is 8.16. The van der Waals surface area contributed by atoms with Gasteiger partial charge in [-0.2, -0.15) is 0 Å². The molecule has 1 fully saturated rings. The maximum atomic E-state index is 16.0. The molecule has 0 aromatic carbocycles. The second kappa shape index (κ2) is 5.27. The molecular weight excluding hydrogens is 375 g/mol. The first-order valence-electron chi connectivity index (χ1n) is 7.35. The summed E-state index contributed by atoms with van der Waals surface area (Å²) >= 11 is 0. The lowest BCUT2D eigenvalue weighted by atomic mass is 11.9. The third kappa shape index (κ3) is 3.60. The van der Waals surface area contributed by atoms with E-state index in [2.05, 4.69) is 0 Å². The van der Waals surface area contributed by atoms with E-state index in [1.807, 2.05) is 52.4 Å². The van der Waals surface area contributed by atoms with Gasteiger partial charge in [-0.25, -0.2) is 0 Å². The van der Waals surface area contributed by atoms with Crippen molar-refractivity contribution in [2.24, 2.45) is 0 Å². The van der Waals surface area contributed by atoms with Crippen molar-refractivity contribution in [3.8, 4) is 0 Å². The van der Waals surface area contributed by atoms with Crippen molar-refractivity contribution in [2.75, 3.05) is 0 Å². The highest BCUT2D eigenvalue weighted by Crippen LogP contribution is 2.41. The van der Waals surface area contributed by atoms with Gasteiger partial charge in [-0.1, -0.05) is 13.1 Å². The molecule has 1 aliphatic heterocycles.